The molecule has 2 aromatic heterocycles. The van der Waals surface area contributed by atoms with E-state index in [4.69, 9.17) is 0 Å². The third-order valence-electron chi connectivity index (χ3n) is 3.22. The molecular weight excluding hydrogens is 202 g/mol. The van der Waals surface area contributed by atoms with E-state index in [1.165, 1.54) is 6.42 Å². The van der Waals surface area contributed by atoms with E-state index in [0.717, 1.165) is 30.9 Å². The minimum absolute atomic E-state index is 0.288. The summed E-state index contributed by atoms with van der Waals surface area (Å²) in [6.07, 6.45) is 5.79. The number of nitrogens with zero attached hydrogens (tertiary/aromatic N) is 2. The van der Waals surface area contributed by atoms with Crippen LogP contribution in [0.1, 0.15) is 12.2 Å². The van der Waals surface area contributed by atoms with Crippen molar-refractivity contribution in [1.82, 2.24) is 14.7 Å². The summed E-state index contributed by atoms with van der Waals surface area (Å²) in [4.78, 5) is 4.42. The van der Waals surface area contributed by atoms with Gasteiger partial charge >= 0.3 is 0 Å². The maximum Gasteiger partial charge on any atom is 0.132 e. The maximum absolute atomic E-state index is 9.47. The second-order valence-corrected chi connectivity index (χ2v) is 4.42. The monoisotopic (exact) mass is 217 g/mol. The molecule has 0 aromatic carbocycles. The normalized spacial score (nSPS) is 20.6. The molecule has 1 fully saturated rings. The molecule has 1 atom stereocenters. The van der Waals surface area contributed by atoms with E-state index in [-0.39, 0.29) is 5.75 Å². The highest BCUT2D eigenvalue weighted by Gasteiger charge is 2.17. The van der Waals surface area contributed by atoms with Crippen LogP contribution in [0.3, 0.4) is 0 Å². The molecule has 1 aliphatic rings. The first-order valence-electron chi connectivity index (χ1n) is 5.68. The Labute approximate surface area is 93.9 Å². The largest absolute Gasteiger partial charge is 0.506 e. The van der Waals surface area contributed by atoms with Crippen molar-refractivity contribution in [2.45, 2.75) is 12.8 Å². The number of aromatic nitrogens is 2. The van der Waals surface area contributed by atoms with Gasteiger partial charge in [-0.1, -0.05) is 0 Å². The summed E-state index contributed by atoms with van der Waals surface area (Å²) in [6, 6.07) is 3.58. The van der Waals surface area contributed by atoms with Crippen molar-refractivity contribution in [3.63, 3.8) is 0 Å². The molecule has 2 N–H and O–H groups in total. The SMILES string of the molecule is Oc1ccc2cnc(CC3CCNC3)n2c1. The number of hydrogen-bond donors (Lipinski definition) is 2. The summed E-state index contributed by atoms with van der Waals surface area (Å²) in [5.41, 5.74) is 1.04. The Morgan fingerprint density at radius 2 is 2.44 bits per heavy atom. The van der Waals surface area contributed by atoms with Gasteiger partial charge < -0.3 is 14.8 Å². The molecule has 1 aliphatic heterocycles. The molecule has 3 rings (SSSR count). The first-order chi connectivity index (χ1) is 7.83. The second-order valence-electron chi connectivity index (χ2n) is 4.42. The third kappa shape index (κ3) is 1.65. The number of fused-ring (bicyclic) bond motifs is 1. The van der Waals surface area contributed by atoms with Crippen molar-refractivity contribution >= 4 is 5.52 Å². The molecule has 4 nitrogen and oxygen atoms in total. The van der Waals surface area contributed by atoms with Crippen molar-refractivity contribution in [1.29, 1.82) is 0 Å². The fraction of sp³-hybridized carbons (Fsp3) is 0.417. The van der Waals surface area contributed by atoms with Gasteiger partial charge in [0.1, 0.15) is 11.6 Å². The molecule has 0 radical (unpaired) electrons. The average Bonchev–Trinajstić information content (AvgIpc) is 2.90. The summed E-state index contributed by atoms with van der Waals surface area (Å²) < 4.78 is 1.98. The molecule has 2 aromatic rings. The van der Waals surface area contributed by atoms with Gasteiger partial charge in [0.05, 0.1) is 17.9 Å². The van der Waals surface area contributed by atoms with Gasteiger partial charge in [-0.3, -0.25) is 0 Å². The molecule has 0 aliphatic carbocycles. The van der Waals surface area contributed by atoms with Crippen LogP contribution in [-0.2, 0) is 6.42 Å². The number of aromatic hydroxyl groups is 1. The van der Waals surface area contributed by atoms with E-state index >= 15 is 0 Å². The Bertz CT molecular complexity index is 500. The smallest absolute Gasteiger partial charge is 0.132 e. The highest BCUT2D eigenvalue weighted by molar-refractivity contribution is 5.48. The first kappa shape index (κ1) is 9.66. The number of hydrogen-bond acceptors (Lipinski definition) is 3. The van der Waals surface area contributed by atoms with Crippen LogP contribution < -0.4 is 5.32 Å². The molecule has 1 saturated heterocycles. The van der Waals surface area contributed by atoms with Crippen LogP contribution in [0.2, 0.25) is 0 Å². The van der Waals surface area contributed by atoms with Crippen LogP contribution in [0.4, 0.5) is 0 Å². The Hall–Kier alpha value is -1.55. The molecule has 16 heavy (non-hydrogen) atoms. The third-order valence-corrected chi connectivity index (χ3v) is 3.22. The van der Waals surface area contributed by atoms with Crippen LogP contribution >= 0.6 is 0 Å². The van der Waals surface area contributed by atoms with Crippen LogP contribution in [0.25, 0.3) is 5.52 Å². The lowest BCUT2D eigenvalue weighted by Gasteiger charge is -2.07. The van der Waals surface area contributed by atoms with Gasteiger partial charge in [0, 0.05) is 6.42 Å². The number of imidazole rings is 1. The number of nitrogens with one attached hydrogen (secondary N) is 1. The minimum Gasteiger partial charge on any atom is -0.506 e. The molecule has 1 unspecified atom stereocenters. The lowest BCUT2D eigenvalue weighted by atomic mass is 10.1. The van der Waals surface area contributed by atoms with Gasteiger partial charge in [-0.15, -0.1) is 0 Å². The fourth-order valence-corrected chi connectivity index (χ4v) is 2.33. The van der Waals surface area contributed by atoms with Gasteiger partial charge in [-0.2, -0.15) is 0 Å². The zero-order chi connectivity index (χ0) is 11.0. The van der Waals surface area contributed by atoms with Crippen molar-refractivity contribution in [3.05, 3.63) is 30.4 Å². The van der Waals surface area contributed by atoms with Crippen molar-refractivity contribution in [2.75, 3.05) is 13.1 Å². The molecular formula is C12H15N3O. The molecule has 0 saturated carbocycles. The molecule has 0 spiro atoms. The summed E-state index contributed by atoms with van der Waals surface area (Å²) in [6.45, 7) is 2.19. The van der Waals surface area contributed by atoms with E-state index < -0.39 is 0 Å². The molecule has 4 heteroatoms. The summed E-state index contributed by atoms with van der Waals surface area (Å²) in [5, 5.41) is 12.8. The van der Waals surface area contributed by atoms with Crippen molar-refractivity contribution in [3.8, 4) is 5.75 Å². The Morgan fingerprint density at radius 3 is 3.25 bits per heavy atom. The van der Waals surface area contributed by atoms with Crippen LogP contribution in [-0.4, -0.2) is 27.6 Å². The quantitative estimate of drug-likeness (QED) is 0.794. The number of pyridine rings is 1. The lowest BCUT2D eigenvalue weighted by Crippen LogP contribution is -2.12. The predicted molar refractivity (Wildman–Crippen MR) is 61.5 cm³/mol. The Kier molecular flexibility index (Phi) is 2.29. The van der Waals surface area contributed by atoms with Gasteiger partial charge in [-0.05, 0) is 37.6 Å². The zero-order valence-corrected chi connectivity index (χ0v) is 9.06. The fourth-order valence-electron chi connectivity index (χ4n) is 2.33. The highest BCUT2D eigenvalue weighted by Crippen LogP contribution is 2.18. The van der Waals surface area contributed by atoms with Crippen molar-refractivity contribution < 1.29 is 5.11 Å². The summed E-state index contributed by atoms with van der Waals surface area (Å²) in [5.74, 6) is 2.00. The molecule has 84 valence electrons. The van der Waals surface area contributed by atoms with Gasteiger partial charge in [0.15, 0.2) is 0 Å². The second kappa shape index (κ2) is 3.79. The molecule has 3 heterocycles. The van der Waals surface area contributed by atoms with Crippen molar-refractivity contribution in [2.24, 2.45) is 5.92 Å². The first-order valence-corrected chi connectivity index (χ1v) is 5.68. The number of rotatable bonds is 2. The van der Waals surface area contributed by atoms with Crippen LogP contribution in [0.15, 0.2) is 24.5 Å². The molecule has 0 amide bonds. The van der Waals surface area contributed by atoms with E-state index in [0.29, 0.717) is 5.92 Å². The van der Waals surface area contributed by atoms with Crippen LogP contribution in [0, 0.1) is 5.92 Å². The average molecular weight is 217 g/mol. The minimum atomic E-state index is 0.288. The van der Waals surface area contributed by atoms with Crippen LogP contribution in [0.5, 0.6) is 5.75 Å². The Balaban J connectivity index is 1.93. The van der Waals surface area contributed by atoms with E-state index in [2.05, 4.69) is 10.3 Å². The van der Waals surface area contributed by atoms with Gasteiger partial charge in [0.2, 0.25) is 0 Å². The highest BCUT2D eigenvalue weighted by atomic mass is 16.3. The summed E-state index contributed by atoms with van der Waals surface area (Å²) in [7, 11) is 0. The molecule has 0 bridgehead atoms. The zero-order valence-electron chi connectivity index (χ0n) is 9.06. The maximum atomic E-state index is 9.47. The Morgan fingerprint density at radius 1 is 1.50 bits per heavy atom. The van der Waals surface area contributed by atoms with E-state index in [1.807, 2.05) is 16.7 Å². The standard InChI is InChI=1S/C12H15N3O/c16-11-2-1-10-7-14-12(15(10)8-11)5-9-3-4-13-6-9/h1-2,7-9,13,16H,3-6H2. The summed E-state index contributed by atoms with van der Waals surface area (Å²) >= 11 is 0. The topological polar surface area (TPSA) is 49.6 Å². The van der Waals surface area contributed by atoms with Gasteiger partial charge in [0.25, 0.3) is 0 Å². The lowest BCUT2D eigenvalue weighted by molar-refractivity contribution is 0.470. The predicted octanol–water partition coefficient (Wildman–Crippen LogP) is 1.19. The van der Waals surface area contributed by atoms with Gasteiger partial charge in [-0.25, -0.2) is 4.98 Å². The van der Waals surface area contributed by atoms with E-state index in [1.54, 1.807) is 12.3 Å². The van der Waals surface area contributed by atoms with E-state index in [9.17, 15) is 5.11 Å².